The lowest BCUT2D eigenvalue weighted by molar-refractivity contribution is 0.0997. The van der Waals surface area contributed by atoms with Crippen molar-refractivity contribution in [3.05, 3.63) is 0 Å². The van der Waals surface area contributed by atoms with Gasteiger partial charge in [-0.25, -0.2) is 17.5 Å². The summed E-state index contributed by atoms with van der Waals surface area (Å²) in [6.07, 6.45) is 1.52. The molecule has 7 nitrogen and oxygen atoms in total. The molecule has 1 atom stereocenters. The van der Waals surface area contributed by atoms with Crippen molar-refractivity contribution in [2.24, 2.45) is 5.92 Å². The van der Waals surface area contributed by atoms with Gasteiger partial charge in [-0.3, -0.25) is 0 Å². The largest absolute Gasteiger partial charge is 0.450 e. The molecule has 0 N–H and O–H groups in total. The van der Waals surface area contributed by atoms with E-state index in [4.69, 9.17) is 9.47 Å². The maximum absolute atomic E-state index is 12.9. The van der Waals surface area contributed by atoms with Crippen molar-refractivity contribution >= 4 is 16.1 Å². The first-order valence-corrected chi connectivity index (χ1v) is 9.97. The fourth-order valence-corrected chi connectivity index (χ4v) is 5.20. The molecule has 0 saturated carbocycles. The third-order valence-corrected chi connectivity index (χ3v) is 7.03. The number of carbonyl (C=O) groups excluding carboxylic acids is 1. The summed E-state index contributed by atoms with van der Waals surface area (Å²) in [5, 5.41) is -0.407. The van der Waals surface area contributed by atoms with Gasteiger partial charge in [0.25, 0.3) is 0 Å². The normalized spacial score (nSPS) is 23.4. The summed E-state index contributed by atoms with van der Waals surface area (Å²) in [5.74, 6) is 0.296. The Morgan fingerprint density at radius 1 is 1.26 bits per heavy atom. The zero-order chi connectivity index (χ0) is 16.9. The topological polar surface area (TPSA) is 76.2 Å². The Kier molecular flexibility index (Phi) is 6.67. The first-order valence-electron chi connectivity index (χ1n) is 8.47. The van der Waals surface area contributed by atoms with Gasteiger partial charge in [0.15, 0.2) is 0 Å². The minimum Gasteiger partial charge on any atom is -0.450 e. The fraction of sp³-hybridized carbons (Fsp3) is 0.933. The van der Waals surface area contributed by atoms with Crippen LogP contribution < -0.4 is 0 Å². The van der Waals surface area contributed by atoms with Gasteiger partial charge in [-0.2, -0.15) is 0 Å². The van der Waals surface area contributed by atoms with Gasteiger partial charge in [0, 0.05) is 32.8 Å². The van der Waals surface area contributed by atoms with Crippen molar-refractivity contribution in [2.75, 3.05) is 46.0 Å². The van der Waals surface area contributed by atoms with E-state index in [2.05, 4.69) is 0 Å². The Labute approximate surface area is 139 Å². The van der Waals surface area contributed by atoms with Crippen LogP contribution in [-0.2, 0) is 19.5 Å². The molecule has 8 heteroatoms. The lowest BCUT2D eigenvalue weighted by atomic mass is 10.1. The number of carbonyl (C=O) groups is 1. The van der Waals surface area contributed by atoms with Gasteiger partial charge in [0.2, 0.25) is 10.0 Å². The van der Waals surface area contributed by atoms with Crippen molar-refractivity contribution in [3.8, 4) is 0 Å². The lowest BCUT2D eigenvalue weighted by Crippen LogP contribution is -2.48. The predicted octanol–water partition coefficient (Wildman–Crippen LogP) is 1.30. The Morgan fingerprint density at radius 2 is 1.96 bits per heavy atom. The van der Waals surface area contributed by atoms with Crippen molar-refractivity contribution in [3.63, 3.8) is 0 Å². The number of hydrogen-bond acceptors (Lipinski definition) is 5. The number of piperidine rings is 1. The molecule has 0 radical (unpaired) electrons. The second kappa shape index (κ2) is 8.30. The molecular formula is C15H28N2O5S. The second-order valence-electron chi connectivity index (χ2n) is 6.11. The van der Waals surface area contributed by atoms with E-state index >= 15 is 0 Å². The molecule has 2 heterocycles. The van der Waals surface area contributed by atoms with Crippen LogP contribution in [0.5, 0.6) is 0 Å². The summed E-state index contributed by atoms with van der Waals surface area (Å²) in [5.41, 5.74) is 0. The van der Waals surface area contributed by atoms with E-state index < -0.39 is 15.3 Å². The summed E-state index contributed by atoms with van der Waals surface area (Å²) < 4.78 is 37.6. The van der Waals surface area contributed by atoms with Gasteiger partial charge >= 0.3 is 6.09 Å². The van der Waals surface area contributed by atoms with Crippen LogP contribution in [0.2, 0.25) is 0 Å². The minimum absolute atomic E-state index is 0.296. The van der Waals surface area contributed by atoms with Crippen LogP contribution in [0.1, 0.15) is 33.1 Å². The van der Waals surface area contributed by atoms with Crippen LogP contribution >= 0.6 is 0 Å². The van der Waals surface area contributed by atoms with Gasteiger partial charge in [0.05, 0.1) is 18.5 Å². The number of nitrogens with zero attached hydrogens (tertiary/aromatic N) is 2. The zero-order valence-electron chi connectivity index (χ0n) is 14.1. The van der Waals surface area contributed by atoms with Crippen molar-refractivity contribution in [2.45, 2.75) is 38.4 Å². The first kappa shape index (κ1) is 18.5. The third-order valence-electron chi connectivity index (χ3n) is 4.59. The molecule has 2 aliphatic heterocycles. The third kappa shape index (κ3) is 4.58. The van der Waals surface area contributed by atoms with Crippen LogP contribution in [0, 0.1) is 5.92 Å². The molecule has 2 aliphatic rings. The van der Waals surface area contributed by atoms with E-state index in [0.717, 1.165) is 13.0 Å². The van der Waals surface area contributed by atoms with E-state index in [-0.39, 0.29) is 6.09 Å². The lowest BCUT2D eigenvalue weighted by Gasteiger charge is -2.34. The molecule has 2 fully saturated rings. The highest BCUT2D eigenvalue weighted by Crippen LogP contribution is 2.24. The van der Waals surface area contributed by atoms with Crippen molar-refractivity contribution < 1.29 is 22.7 Å². The van der Waals surface area contributed by atoms with E-state index in [1.165, 1.54) is 0 Å². The molecule has 2 rings (SSSR count). The summed E-state index contributed by atoms with van der Waals surface area (Å²) >= 11 is 0. The Bertz CT molecular complexity index is 482. The number of hydrogen-bond donors (Lipinski definition) is 0. The Hall–Kier alpha value is -0.860. The average Bonchev–Trinajstić information content (AvgIpc) is 3.06. The molecule has 134 valence electrons. The fourth-order valence-electron chi connectivity index (χ4n) is 3.19. The molecule has 23 heavy (non-hydrogen) atoms. The maximum atomic E-state index is 12.9. The first-order chi connectivity index (χ1) is 11.0. The van der Waals surface area contributed by atoms with Crippen LogP contribution in [0.3, 0.4) is 0 Å². The molecule has 2 saturated heterocycles. The van der Waals surface area contributed by atoms with Gasteiger partial charge < -0.3 is 14.4 Å². The summed E-state index contributed by atoms with van der Waals surface area (Å²) in [6.45, 7) is 7.24. The molecule has 0 aromatic heterocycles. The van der Waals surface area contributed by atoms with Gasteiger partial charge in [-0.05, 0) is 32.1 Å². The second-order valence-corrected chi connectivity index (χ2v) is 8.32. The minimum atomic E-state index is -3.32. The average molecular weight is 348 g/mol. The highest BCUT2D eigenvalue weighted by atomic mass is 32.2. The standard InChI is InChI=1S/C15H28N2O5S/c1-3-17(11-13-7-10-21-12-13)23(19,20)14-5-8-16(9-6-14)15(18)22-4-2/h13-14H,3-12H2,1-2H3/t13-/m0/s1. The molecule has 0 bridgehead atoms. The molecule has 1 amide bonds. The number of sulfonamides is 1. The zero-order valence-corrected chi connectivity index (χ0v) is 14.9. The molecule has 0 spiro atoms. The van der Waals surface area contributed by atoms with Gasteiger partial charge in [0.1, 0.15) is 0 Å². The molecular weight excluding hydrogens is 320 g/mol. The van der Waals surface area contributed by atoms with E-state index in [1.807, 2.05) is 6.92 Å². The molecule has 0 aromatic carbocycles. The number of ether oxygens (including phenoxy) is 2. The number of likely N-dealkylation sites (tertiary alicyclic amines) is 1. The SMILES string of the molecule is CCOC(=O)N1CCC(S(=O)(=O)N(CC)C[C@@H]2CCOC2)CC1. The van der Waals surface area contributed by atoms with Crippen molar-refractivity contribution in [1.82, 2.24) is 9.21 Å². The van der Waals surface area contributed by atoms with Gasteiger partial charge in [-0.1, -0.05) is 6.92 Å². The van der Waals surface area contributed by atoms with Crippen LogP contribution in [-0.4, -0.2) is 75.0 Å². The quantitative estimate of drug-likeness (QED) is 0.723. The van der Waals surface area contributed by atoms with Crippen LogP contribution in [0.25, 0.3) is 0 Å². The summed E-state index contributed by atoms with van der Waals surface area (Å²) in [7, 11) is -3.32. The van der Waals surface area contributed by atoms with E-state index in [0.29, 0.717) is 58.2 Å². The number of amides is 1. The molecule has 0 aliphatic carbocycles. The Balaban J connectivity index is 1.92. The predicted molar refractivity (Wildman–Crippen MR) is 86.7 cm³/mol. The van der Waals surface area contributed by atoms with Crippen molar-refractivity contribution in [1.29, 1.82) is 0 Å². The highest BCUT2D eigenvalue weighted by molar-refractivity contribution is 7.89. The van der Waals surface area contributed by atoms with Gasteiger partial charge in [-0.15, -0.1) is 0 Å². The summed E-state index contributed by atoms with van der Waals surface area (Å²) in [4.78, 5) is 13.3. The maximum Gasteiger partial charge on any atom is 0.409 e. The smallest absolute Gasteiger partial charge is 0.409 e. The highest BCUT2D eigenvalue weighted by Gasteiger charge is 2.36. The number of rotatable bonds is 6. The molecule has 0 aromatic rings. The van der Waals surface area contributed by atoms with E-state index in [9.17, 15) is 13.2 Å². The summed E-state index contributed by atoms with van der Waals surface area (Å²) in [6, 6.07) is 0. The van der Waals surface area contributed by atoms with E-state index in [1.54, 1.807) is 16.1 Å². The van der Waals surface area contributed by atoms with Crippen LogP contribution in [0.15, 0.2) is 0 Å². The molecule has 0 unspecified atom stereocenters. The van der Waals surface area contributed by atoms with Crippen LogP contribution in [0.4, 0.5) is 4.79 Å². The monoisotopic (exact) mass is 348 g/mol. The Morgan fingerprint density at radius 3 is 2.48 bits per heavy atom.